The Morgan fingerprint density at radius 2 is 1.70 bits per heavy atom. The van der Waals surface area contributed by atoms with Crippen LogP contribution in [0, 0.1) is 5.92 Å². The summed E-state index contributed by atoms with van der Waals surface area (Å²) in [5, 5.41) is 0.371. The zero-order valence-electron chi connectivity index (χ0n) is 11.8. The molecule has 0 heterocycles. The molecule has 0 bridgehead atoms. The summed E-state index contributed by atoms with van der Waals surface area (Å²) in [6.45, 7) is 0. The van der Waals surface area contributed by atoms with Crippen molar-refractivity contribution in [3.63, 3.8) is 0 Å². The maximum absolute atomic E-state index is 12.9. The monoisotopic (exact) mass is 385 g/mol. The molecule has 120 valence electrons. The maximum Gasteiger partial charge on any atom is 0.182 e. The smallest absolute Gasteiger partial charge is 0.182 e. The van der Waals surface area contributed by atoms with E-state index in [2.05, 4.69) is 0 Å². The zero-order chi connectivity index (χ0) is 16.8. The summed E-state index contributed by atoms with van der Waals surface area (Å²) in [5.41, 5.74) is 6.60. The standard InChI is InChI=1S/C16H13Cl2NO2S2/c17-10-4-6-12(7-5-10)23(20,21)15-13(14(15)16(19)22)9-2-1-3-11(18)8-9/h1-8,13-15H,(H2,19,22). The second kappa shape index (κ2) is 6.06. The molecule has 2 aromatic rings. The van der Waals surface area contributed by atoms with E-state index in [0.717, 1.165) is 5.56 Å². The lowest BCUT2D eigenvalue weighted by Crippen LogP contribution is -2.17. The lowest BCUT2D eigenvalue weighted by molar-refractivity contribution is 0.593. The molecule has 1 aliphatic carbocycles. The molecule has 3 rings (SSSR count). The molecule has 0 aliphatic heterocycles. The van der Waals surface area contributed by atoms with E-state index in [1.54, 1.807) is 30.3 Å². The summed E-state index contributed by atoms with van der Waals surface area (Å²) in [5.74, 6) is -0.656. The van der Waals surface area contributed by atoms with Gasteiger partial charge in [-0.25, -0.2) is 8.42 Å². The predicted molar refractivity (Wildman–Crippen MR) is 96.9 cm³/mol. The summed E-state index contributed by atoms with van der Waals surface area (Å²) in [4.78, 5) is 0.426. The van der Waals surface area contributed by atoms with Crippen molar-refractivity contribution in [1.29, 1.82) is 0 Å². The molecule has 0 amide bonds. The van der Waals surface area contributed by atoms with Gasteiger partial charge in [-0.1, -0.05) is 47.6 Å². The Labute approximate surface area is 150 Å². The first kappa shape index (κ1) is 16.7. The molecule has 2 aromatic carbocycles. The van der Waals surface area contributed by atoms with Gasteiger partial charge in [0.05, 0.1) is 15.1 Å². The summed E-state index contributed by atoms with van der Waals surface area (Å²) in [6.07, 6.45) is 0. The van der Waals surface area contributed by atoms with Crippen LogP contribution in [-0.2, 0) is 9.84 Å². The third-order valence-corrected chi connectivity index (χ3v) is 7.01. The second-order valence-corrected chi connectivity index (χ2v) is 8.92. The minimum atomic E-state index is -3.56. The SMILES string of the molecule is NC(=S)C1C(c2cccc(Cl)c2)C1S(=O)(=O)c1ccc(Cl)cc1. The fraction of sp³-hybridized carbons (Fsp3) is 0.188. The summed E-state index contributed by atoms with van der Waals surface area (Å²) >= 11 is 16.9. The molecule has 0 radical (unpaired) electrons. The first-order chi connectivity index (χ1) is 10.8. The molecule has 2 N–H and O–H groups in total. The molecular formula is C16H13Cl2NO2S2. The van der Waals surface area contributed by atoms with Crippen molar-refractivity contribution in [2.75, 3.05) is 0 Å². The first-order valence-corrected chi connectivity index (χ1v) is 9.57. The van der Waals surface area contributed by atoms with Gasteiger partial charge in [-0.3, -0.25) is 0 Å². The minimum absolute atomic E-state index is 0.206. The maximum atomic E-state index is 12.9. The lowest BCUT2D eigenvalue weighted by atomic mass is 10.1. The van der Waals surface area contributed by atoms with Crippen LogP contribution in [0.2, 0.25) is 10.0 Å². The van der Waals surface area contributed by atoms with Gasteiger partial charge in [0, 0.05) is 21.9 Å². The van der Waals surface area contributed by atoms with Gasteiger partial charge in [0.15, 0.2) is 9.84 Å². The quantitative estimate of drug-likeness (QED) is 0.812. The van der Waals surface area contributed by atoms with E-state index < -0.39 is 15.1 Å². The second-order valence-electron chi connectivity index (χ2n) is 5.47. The van der Waals surface area contributed by atoms with Gasteiger partial charge in [-0.2, -0.15) is 0 Å². The Bertz CT molecular complexity index is 866. The number of halogens is 2. The fourth-order valence-corrected chi connectivity index (χ4v) is 5.76. The van der Waals surface area contributed by atoms with Crippen molar-refractivity contribution in [3.8, 4) is 0 Å². The molecule has 0 aromatic heterocycles. The molecule has 1 saturated carbocycles. The Morgan fingerprint density at radius 3 is 2.26 bits per heavy atom. The van der Waals surface area contributed by atoms with E-state index in [4.69, 9.17) is 41.2 Å². The van der Waals surface area contributed by atoms with Crippen molar-refractivity contribution in [3.05, 3.63) is 64.1 Å². The predicted octanol–water partition coefficient (Wildman–Crippen LogP) is 3.84. The zero-order valence-corrected chi connectivity index (χ0v) is 15.0. The van der Waals surface area contributed by atoms with E-state index in [1.165, 1.54) is 12.1 Å². The van der Waals surface area contributed by atoms with Gasteiger partial charge in [0.25, 0.3) is 0 Å². The van der Waals surface area contributed by atoms with Gasteiger partial charge < -0.3 is 5.73 Å². The van der Waals surface area contributed by atoms with Gasteiger partial charge >= 0.3 is 0 Å². The third kappa shape index (κ3) is 3.11. The lowest BCUT2D eigenvalue weighted by Gasteiger charge is -2.05. The van der Waals surface area contributed by atoms with Crippen molar-refractivity contribution in [2.45, 2.75) is 16.1 Å². The van der Waals surface area contributed by atoms with E-state index >= 15 is 0 Å². The number of nitrogens with two attached hydrogens (primary N) is 1. The molecule has 0 saturated heterocycles. The Kier molecular flexibility index (Phi) is 4.40. The highest BCUT2D eigenvalue weighted by molar-refractivity contribution is 7.92. The molecule has 1 fully saturated rings. The molecule has 23 heavy (non-hydrogen) atoms. The number of thiocarbonyl (C=S) groups is 1. The molecule has 3 unspecified atom stereocenters. The minimum Gasteiger partial charge on any atom is -0.393 e. The normalized spacial score (nSPS) is 23.5. The molecular weight excluding hydrogens is 373 g/mol. The molecule has 0 spiro atoms. The van der Waals surface area contributed by atoms with Crippen molar-refractivity contribution in [1.82, 2.24) is 0 Å². The van der Waals surface area contributed by atoms with Crippen LogP contribution in [0.3, 0.4) is 0 Å². The van der Waals surface area contributed by atoms with Crippen LogP contribution in [0.1, 0.15) is 11.5 Å². The van der Waals surface area contributed by atoms with Crippen LogP contribution < -0.4 is 5.73 Å². The molecule has 7 heteroatoms. The topological polar surface area (TPSA) is 60.2 Å². The Morgan fingerprint density at radius 1 is 1.04 bits per heavy atom. The number of benzene rings is 2. The number of rotatable bonds is 4. The molecule has 1 aliphatic rings. The van der Waals surface area contributed by atoms with Crippen LogP contribution in [0.25, 0.3) is 0 Å². The van der Waals surface area contributed by atoms with E-state index in [-0.39, 0.29) is 21.7 Å². The van der Waals surface area contributed by atoms with Crippen LogP contribution >= 0.6 is 35.4 Å². The van der Waals surface area contributed by atoms with E-state index in [9.17, 15) is 8.42 Å². The average Bonchev–Trinajstić information content (AvgIpc) is 3.24. The highest BCUT2D eigenvalue weighted by Crippen LogP contribution is 2.54. The Balaban J connectivity index is 2.00. The van der Waals surface area contributed by atoms with Crippen molar-refractivity contribution in [2.24, 2.45) is 11.7 Å². The van der Waals surface area contributed by atoms with Gasteiger partial charge in [-0.15, -0.1) is 0 Å². The average molecular weight is 386 g/mol. The first-order valence-electron chi connectivity index (χ1n) is 6.86. The largest absolute Gasteiger partial charge is 0.393 e. The molecule has 3 atom stereocenters. The number of hydrogen-bond donors (Lipinski definition) is 1. The fourth-order valence-electron chi connectivity index (χ4n) is 2.90. The number of sulfone groups is 1. The highest BCUT2D eigenvalue weighted by Gasteiger charge is 2.60. The van der Waals surface area contributed by atoms with Crippen molar-refractivity contribution >= 4 is 50.2 Å². The van der Waals surface area contributed by atoms with Crippen LogP contribution in [0.15, 0.2) is 53.4 Å². The van der Waals surface area contributed by atoms with Crippen LogP contribution in [0.4, 0.5) is 0 Å². The van der Waals surface area contributed by atoms with Gasteiger partial charge in [0.1, 0.15) is 0 Å². The molecule has 3 nitrogen and oxygen atoms in total. The van der Waals surface area contributed by atoms with Crippen LogP contribution in [-0.4, -0.2) is 18.7 Å². The summed E-state index contributed by atoms with van der Waals surface area (Å²) < 4.78 is 25.8. The van der Waals surface area contributed by atoms with E-state index in [0.29, 0.717) is 10.0 Å². The third-order valence-electron chi connectivity index (χ3n) is 4.02. The summed E-state index contributed by atoms with van der Waals surface area (Å²) in [7, 11) is -3.56. The van der Waals surface area contributed by atoms with Gasteiger partial charge in [-0.05, 0) is 42.0 Å². The van der Waals surface area contributed by atoms with Crippen LogP contribution in [0.5, 0.6) is 0 Å². The van der Waals surface area contributed by atoms with Gasteiger partial charge in [0.2, 0.25) is 0 Å². The van der Waals surface area contributed by atoms with E-state index in [1.807, 2.05) is 6.07 Å². The Hall–Kier alpha value is -1.14. The summed E-state index contributed by atoms with van der Waals surface area (Å²) in [6, 6.07) is 13.3. The van der Waals surface area contributed by atoms with Crippen molar-refractivity contribution < 1.29 is 8.42 Å². The number of hydrogen-bond acceptors (Lipinski definition) is 3. The highest BCUT2D eigenvalue weighted by atomic mass is 35.5.